The van der Waals surface area contributed by atoms with Gasteiger partial charge < -0.3 is 15.4 Å². The van der Waals surface area contributed by atoms with Crippen LogP contribution in [0.5, 0.6) is 6.01 Å². The number of thiophene rings is 1. The number of nitrogens with one attached hydrogen (secondary N) is 1. The number of rotatable bonds is 5. The van der Waals surface area contributed by atoms with Crippen molar-refractivity contribution in [2.45, 2.75) is 31.0 Å². The molecule has 10 nitrogen and oxygen atoms in total. The average Bonchev–Trinajstić information content (AvgIpc) is 3.81. The van der Waals surface area contributed by atoms with E-state index in [0.29, 0.717) is 13.0 Å². The Bertz CT molecular complexity index is 2030. The summed E-state index contributed by atoms with van der Waals surface area (Å²) in [7, 11) is 0. The Hall–Kier alpha value is -4.19. The number of halogens is 4. The second-order valence-electron chi connectivity index (χ2n) is 12.4. The highest BCUT2D eigenvalue weighted by atomic mass is 35.5. The molecule has 0 spiro atoms. The largest absolute Gasteiger partial charge is 0.461 e. The average molecular weight is 668 g/mol. The summed E-state index contributed by atoms with van der Waals surface area (Å²) in [5.74, 6) is -3.23. The molecule has 3 N–H and O–H groups in total. The highest BCUT2D eigenvalue weighted by molar-refractivity contribution is 7.23. The Morgan fingerprint density at radius 1 is 1.20 bits per heavy atom. The lowest BCUT2D eigenvalue weighted by molar-refractivity contribution is -0.126. The molecule has 0 aliphatic carbocycles. The Morgan fingerprint density at radius 3 is 2.70 bits per heavy atom. The number of anilines is 2. The van der Waals surface area contributed by atoms with E-state index in [2.05, 4.69) is 20.2 Å². The fourth-order valence-electron chi connectivity index (χ4n) is 7.68. The predicted octanol–water partition coefficient (Wildman–Crippen LogP) is 4.56. The maximum absolute atomic E-state index is 16.9. The number of imide groups is 1. The number of carbonyl (C=O) groups is 2. The van der Waals surface area contributed by atoms with Crippen LogP contribution in [0.4, 0.5) is 24.0 Å². The van der Waals surface area contributed by atoms with Gasteiger partial charge in [0.05, 0.1) is 32.7 Å². The van der Waals surface area contributed by atoms with Crippen LogP contribution in [0.15, 0.2) is 18.2 Å². The molecule has 236 valence electrons. The summed E-state index contributed by atoms with van der Waals surface area (Å²) in [4.78, 5) is 37.8. The minimum absolute atomic E-state index is 0.00659. The number of amides is 2. The Labute approximate surface area is 268 Å². The quantitative estimate of drug-likeness (QED) is 0.294. The van der Waals surface area contributed by atoms with Crippen molar-refractivity contribution in [1.29, 1.82) is 5.26 Å². The van der Waals surface area contributed by atoms with Crippen LogP contribution in [-0.2, 0) is 9.59 Å². The summed E-state index contributed by atoms with van der Waals surface area (Å²) in [6, 6.07) is 5.80. The van der Waals surface area contributed by atoms with Crippen molar-refractivity contribution < 1.29 is 27.5 Å². The molecule has 0 unspecified atom stereocenters. The van der Waals surface area contributed by atoms with Gasteiger partial charge in [-0.3, -0.25) is 19.8 Å². The predicted molar refractivity (Wildman–Crippen MR) is 165 cm³/mol. The molecule has 4 aliphatic rings. The zero-order chi connectivity index (χ0) is 32.1. The number of benzene rings is 2. The molecule has 4 atom stereocenters. The third kappa shape index (κ3) is 4.25. The fraction of sp³-hybridized carbons (Fsp3) is 0.387. The molecule has 4 saturated heterocycles. The SMILES string of the molecule is N#Cc1c(N)sc2c(F)ccc(-c3c(Cl)cc4c(N5C[C@@H]6C(=O)NC(=O)[C@@H]6C5)nc(OC[C@@]56CCCN5C[C@H](F)C6)nc4c3F)c12. The molecule has 8 rings (SSSR count). The first-order valence-electron chi connectivity index (χ1n) is 14.8. The van der Waals surface area contributed by atoms with Gasteiger partial charge in [-0.2, -0.15) is 15.2 Å². The van der Waals surface area contributed by atoms with E-state index in [0.717, 1.165) is 36.8 Å². The van der Waals surface area contributed by atoms with Crippen LogP contribution in [0, 0.1) is 34.8 Å². The van der Waals surface area contributed by atoms with Crippen molar-refractivity contribution in [3.05, 3.63) is 40.4 Å². The van der Waals surface area contributed by atoms with Crippen LogP contribution >= 0.6 is 22.9 Å². The van der Waals surface area contributed by atoms with Gasteiger partial charge in [0.25, 0.3) is 0 Å². The molecule has 2 aromatic carbocycles. The number of nitriles is 1. The summed E-state index contributed by atoms with van der Waals surface area (Å²) in [5, 5.41) is 12.5. The van der Waals surface area contributed by atoms with Crippen molar-refractivity contribution in [3.63, 3.8) is 0 Å². The van der Waals surface area contributed by atoms with Crippen molar-refractivity contribution in [1.82, 2.24) is 20.2 Å². The van der Waals surface area contributed by atoms with Gasteiger partial charge in [-0.1, -0.05) is 17.7 Å². The topological polar surface area (TPSA) is 137 Å². The standard InChI is InChI=1S/C31H25ClF3N7O3S/c32-19-6-15-24(23(35)22(19)14-2-3-20(34)25-21(14)16(8-36)26(37)46-25)38-30(45-12-31-4-1-5-42(31)9-13(33)7-31)39-27(15)41-10-17-18(11-41)29(44)40-28(17)43/h2-3,6,13,17-18H,1,4-5,7,9-12,37H2,(H,40,43,44)/t13-,17-,18+,31+/m1/s1. The van der Waals surface area contributed by atoms with Crippen LogP contribution in [0.25, 0.3) is 32.1 Å². The lowest BCUT2D eigenvalue weighted by Crippen LogP contribution is -2.43. The molecule has 4 fully saturated rings. The lowest BCUT2D eigenvalue weighted by Gasteiger charge is -2.31. The van der Waals surface area contributed by atoms with E-state index in [4.69, 9.17) is 22.1 Å². The maximum Gasteiger partial charge on any atom is 0.319 e. The van der Waals surface area contributed by atoms with Gasteiger partial charge in [-0.15, -0.1) is 11.3 Å². The van der Waals surface area contributed by atoms with E-state index in [1.54, 1.807) is 4.90 Å². The van der Waals surface area contributed by atoms with Crippen LogP contribution < -0.4 is 20.7 Å². The van der Waals surface area contributed by atoms with E-state index in [1.807, 2.05) is 6.07 Å². The van der Waals surface area contributed by atoms with Gasteiger partial charge in [0, 0.05) is 42.4 Å². The summed E-state index contributed by atoms with van der Waals surface area (Å²) in [5.41, 5.74) is 5.38. The normalized spacial score (nSPS) is 25.8. The van der Waals surface area contributed by atoms with Gasteiger partial charge in [-0.25, -0.2) is 13.2 Å². The summed E-state index contributed by atoms with van der Waals surface area (Å²) < 4.78 is 52.4. The van der Waals surface area contributed by atoms with Gasteiger partial charge >= 0.3 is 6.01 Å². The van der Waals surface area contributed by atoms with Crippen LogP contribution in [-0.4, -0.2) is 71.2 Å². The number of alkyl halides is 1. The van der Waals surface area contributed by atoms with E-state index in [9.17, 15) is 23.6 Å². The number of nitrogens with zero attached hydrogens (tertiary/aromatic N) is 5. The molecule has 0 radical (unpaired) electrons. The van der Waals surface area contributed by atoms with Crippen LogP contribution in [0.2, 0.25) is 5.02 Å². The van der Waals surface area contributed by atoms with E-state index in [1.165, 1.54) is 12.1 Å². The van der Waals surface area contributed by atoms with Crippen molar-refractivity contribution in [3.8, 4) is 23.2 Å². The Morgan fingerprint density at radius 2 is 1.96 bits per heavy atom. The lowest BCUT2D eigenvalue weighted by atomic mass is 9.95. The van der Waals surface area contributed by atoms with E-state index >= 15 is 4.39 Å². The molecule has 0 bridgehead atoms. The first kappa shape index (κ1) is 29.2. The first-order chi connectivity index (χ1) is 22.1. The fourth-order valence-corrected chi connectivity index (χ4v) is 8.93. The van der Waals surface area contributed by atoms with Gasteiger partial charge in [-0.05, 0) is 37.1 Å². The van der Waals surface area contributed by atoms with E-state index in [-0.39, 0.29) is 91.0 Å². The molecule has 46 heavy (non-hydrogen) atoms. The van der Waals surface area contributed by atoms with Gasteiger partial charge in [0.2, 0.25) is 11.8 Å². The number of nitrogens with two attached hydrogens (primary N) is 1. The van der Waals surface area contributed by atoms with Crippen LogP contribution in [0.1, 0.15) is 24.8 Å². The highest BCUT2D eigenvalue weighted by Crippen LogP contribution is 2.47. The second kappa shape index (κ2) is 10.4. The maximum atomic E-state index is 16.9. The van der Waals surface area contributed by atoms with Crippen molar-refractivity contribution in [2.75, 3.05) is 43.4 Å². The molecule has 6 heterocycles. The summed E-state index contributed by atoms with van der Waals surface area (Å²) >= 11 is 7.64. The summed E-state index contributed by atoms with van der Waals surface area (Å²) in [6.45, 7) is 1.45. The first-order valence-corrected chi connectivity index (χ1v) is 16.0. The molecule has 2 amide bonds. The van der Waals surface area contributed by atoms with Crippen molar-refractivity contribution >= 4 is 66.6 Å². The number of hydrogen-bond donors (Lipinski definition) is 2. The minimum Gasteiger partial charge on any atom is -0.461 e. The number of nitrogen functional groups attached to an aromatic ring is 1. The number of ether oxygens (including phenoxy) is 1. The highest BCUT2D eigenvalue weighted by Gasteiger charge is 2.50. The molecule has 15 heteroatoms. The zero-order valence-electron chi connectivity index (χ0n) is 24.1. The van der Waals surface area contributed by atoms with Gasteiger partial charge in [0.15, 0.2) is 5.82 Å². The minimum atomic E-state index is -0.983. The van der Waals surface area contributed by atoms with Crippen molar-refractivity contribution in [2.24, 2.45) is 11.8 Å². The van der Waals surface area contributed by atoms with E-state index < -0.39 is 35.2 Å². The summed E-state index contributed by atoms with van der Waals surface area (Å²) in [6.07, 6.45) is 0.955. The Kier molecular flexibility index (Phi) is 6.62. The molecule has 4 aromatic rings. The third-order valence-corrected chi connectivity index (χ3v) is 11.1. The smallest absolute Gasteiger partial charge is 0.319 e. The molecule has 2 aromatic heterocycles. The number of aromatic nitrogens is 2. The van der Waals surface area contributed by atoms with Crippen LogP contribution in [0.3, 0.4) is 0 Å². The van der Waals surface area contributed by atoms with Gasteiger partial charge in [0.1, 0.15) is 41.0 Å². The number of carbonyl (C=O) groups excluding carboxylic acids is 2. The monoisotopic (exact) mass is 667 g/mol. The third-order valence-electron chi connectivity index (χ3n) is 9.81. The molecule has 0 saturated carbocycles. The molecular formula is C31H25ClF3N7O3S. The Balaban J connectivity index is 1.29. The zero-order valence-corrected chi connectivity index (χ0v) is 25.7. The second-order valence-corrected chi connectivity index (χ2v) is 13.8. The number of fused-ring (bicyclic) bond motifs is 4. The molecule has 4 aliphatic heterocycles. The molecular weight excluding hydrogens is 643 g/mol. The number of hydrogen-bond acceptors (Lipinski definition) is 10.